The molecule has 2 saturated heterocycles. The van der Waals surface area contributed by atoms with Gasteiger partial charge >= 0.3 is 0 Å². The summed E-state index contributed by atoms with van der Waals surface area (Å²) in [4.78, 5) is 13.5. The van der Waals surface area contributed by atoms with Gasteiger partial charge in [-0.15, -0.1) is 0 Å². The molecule has 5 rings (SSSR count). The maximum atomic E-state index is 13.5. The molecule has 2 aliphatic rings. The molecular weight excluding hydrogens is 568 g/mol. The van der Waals surface area contributed by atoms with Gasteiger partial charge in [0.25, 0.3) is 0 Å². The molecule has 42 heavy (non-hydrogen) atoms. The summed E-state index contributed by atoms with van der Waals surface area (Å²) in [6.45, 7) is -0.970. The van der Waals surface area contributed by atoms with Gasteiger partial charge in [-0.2, -0.15) is 0 Å². The first-order valence-corrected chi connectivity index (χ1v) is 12.6. The van der Waals surface area contributed by atoms with Crippen molar-refractivity contribution in [3.05, 3.63) is 40.6 Å². The van der Waals surface area contributed by atoms with Crippen LogP contribution in [0.5, 0.6) is 28.7 Å². The molecule has 2 aromatic carbocycles. The topological polar surface area (TPSA) is 269 Å². The smallest absolute Gasteiger partial charge is 0.239 e. The molecule has 0 radical (unpaired) electrons. The Morgan fingerprint density at radius 2 is 1.50 bits per heavy atom. The number of phenolic OH excluding ortho intramolecular Hbond substituents is 4. The van der Waals surface area contributed by atoms with Crippen LogP contribution in [0.3, 0.4) is 0 Å². The van der Waals surface area contributed by atoms with Gasteiger partial charge in [0.2, 0.25) is 17.5 Å². The lowest BCUT2D eigenvalue weighted by atomic mass is 9.99. The van der Waals surface area contributed by atoms with Crippen molar-refractivity contribution >= 4 is 11.0 Å². The highest BCUT2D eigenvalue weighted by Crippen LogP contribution is 2.39. The van der Waals surface area contributed by atoms with E-state index in [-0.39, 0.29) is 17.8 Å². The van der Waals surface area contributed by atoms with E-state index >= 15 is 0 Å². The highest BCUT2D eigenvalue weighted by Gasteiger charge is 2.47. The number of rotatable bonds is 6. The van der Waals surface area contributed by atoms with Gasteiger partial charge in [0, 0.05) is 17.7 Å². The summed E-state index contributed by atoms with van der Waals surface area (Å²) in [7, 11) is 0. The Bertz CT molecular complexity index is 1510. The number of ether oxygens (including phenoxy) is 4. The summed E-state index contributed by atoms with van der Waals surface area (Å²) in [5.74, 6) is -3.33. The monoisotopic (exact) mass is 596 g/mol. The lowest BCUT2D eigenvalue weighted by Crippen LogP contribution is -2.61. The van der Waals surface area contributed by atoms with Crippen LogP contribution in [0.4, 0.5) is 0 Å². The van der Waals surface area contributed by atoms with Crippen molar-refractivity contribution in [3.63, 3.8) is 0 Å². The molecule has 0 spiro atoms. The molecule has 2 fully saturated rings. The van der Waals surface area contributed by atoms with Crippen molar-refractivity contribution in [1.82, 2.24) is 0 Å². The zero-order chi connectivity index (χ0) is 30.5. The van der Waals surface area contributed by atoms with Gasteiger partial charge in [-0.05, 0) is 18.2 Å². The van der Waals surface area contributed by atoms with Crippen molar-refractivity contribution in [1.29, 1.82) is 0 Å². The van der Waals surface area contributed by atoms with Crippen LogP contribution < -0.4 is 10.2 Å². The molecule has 10 N–H and O–H groups in total. The second kappa shape index (κ2) is 11.5. The van der Waals surface area contributed by atoms with E-state index in [1.165, 1.54) is 6.07 Å². The van der Waals surface area contributed by atoms with Crippen LogP contribution in [0.15, 0.2) is 39.5 Å². The van der Waals surface area contributed by atoms with Gasteiger partial charge in [-0.25, -0.2) is 0 Å². The predicted molar refractivity (Wildman–Crippen MR) is 136 cm³/mol. The molecule has 0 unspecified atom stereocenters. The first kappa shape index (κ1) is 29.8. The van der Waals surface area contributed by atoms with E-state index in [1.807, 2.05) is 0 Å². The Hall–Kier alpha value is -3.71. The third kappa shape index (κ3) is 5.42. The Morgan fingerprint density at radius 1 is 0.786 bits per heavy atom. The second-order valence-electron chi connectivity index (χ2n) is 9.85. The number of aromatic hydroxyl groups is 4. The SMILES string of the molecule is O=c1c(O[C@@H]2O[C@@H](CO[C@H]3OC[C@H](O)[C@H](O)[C@H]3O)[C@H](O)[C@@H](O)[C@H]2O)c(-c2ccc(O)c(O)c2)oc2cc(O)cc(O)c12. The normalized spacial score (nSPS) is 31.7. The third-order valence-corrected chi connectivity index (χ3v) is 6.94. The Balaban J connectivity index is 1.48. The number of aliphatic hydroxyl groups excluding tert-OH is 6. The van der Waals surface area contributed by atoms with Gasteiger partial charge < -0.3 is 74.4 Å². The zero-order valence-corrected chi connectivity index (χ0v) is 21.4. The maximum absolute atomic E-state index is 13.5. The van der Waals surface area contributed by atoms with Gasteiger partial charge in [0.15, 0.2) is 23.5 Å². The summed E-state index contributed by atoms with van der Waals surface area (Å²) >= 11 is 0. The highest BCUT2D eigenvalue weighted by atomic mass is 16.7. The highest BCUT2D eigenvalue weighted by molar-refractivity contribution is 5.88. The molecule has 3 aromatic rings. The zero-order valence-electron chi connectivity index (χ0n) is 21.4. The Labute approximate surface area is 235 Å². The van der Waals surface area contributed by atoms with E-state index in [4.69, 9.17) is 23.4 Å². The summed E-state index contributed by atoms with van der Waals surface area (Å²) in [5.41, 5.74) is -1.35. The van der Waals surface area contributed by atoms with Gasteiger partial charge in [0.05, 0.1) is 13.2 Å². The average Bonchev–Trinajstić information content (AvgIpc) is 2.94. The number of aliphatic hydroxyl groups is 6. The molecule has 228 valence electrons. The molecule has 16 nitrogen and oxygen atoms in total. The van der Waals surface area contributed by atoms with Crippen LogP contribution in [0, 0.1) is 0 Å². The van der Waals surface area contributed by atoms with Crippen LogP contribution in [0.1, 0.15) is 0 Å². The van der Waals surface area contributed by atoms with Crippen LogP contribution >= 0.6 is 0 Å². The minimum atomic E-state index is -1.96. The van der Waals surface area contributed by atoms with E-state index in [2.05, 4.69) is 0 Å². The molecule has 3 heterocycles. The molecule has 0 aliphatic carbocycles. The first-order valence-electron chi connectivity index (χ1n) is 12.6. The number of benzene rings is 2. The minimum absolute atomic E-state index is 0.0305. The van der Waals surface area contributed by atoms with Crippen molar-refractivity contribution in [2.24, 2.45) is 0 Å². The largest absolute Gasteiger partial charge is 0.508 e. The van der Waals surface area contributed by atoms with Crippen LogP contribution in [-0.2, 0) is 14.2 Å². The first-order chi connectivity index (χ1) is 19.9. The van der Waals surface area contributed by atoms with E-state index in [1.54, 1.807) is 0 Å². The lowest BCUT2D eigenvalue weighted by Gasteiger charge is -2.41. The molecule has 1 aromatic heterocycles. The van der Waals surface area contributed by atoms with Crippen molar-refractivity contribution in [2.45, 2.75) is 55.3 Å². The summed E-state index contributed by atoms with van der Waals surface area (Å²) < 4.78 is 27.5. The average molecular weight is 596 g/mol. The number of hydrogen-bond acceptors (Lipinski definition) is 16. The van der Waals surface area contributed by atoms with Crippen molar-refractivity contribution in [3.8, 4) is 40.1 Å². The number of fused-ring (bicyclic) bond motifs is 1. The fourth-order valence-corrected chi connectivity index (χ4v) is 4.61. The van der Waals surface area contributed by atoms with Crippen LogP contribution in [0.25, 0.3) is 22.3 Å². The van der Waals surface area contributed by atoms with Gasteiger partial charge in [-0.1, -0.05) is 0 Å². The quantitative estimate of drug-likeness (QED) is 0.137. The summed E-state index contributed by atoms with van der Waals surface area (Å²) in [5, 5.41) is 101. The number of hydrogen-bond donors (Lipinski definition) is 10. The van der Waals surface area contributed by atoms with Gasteiger partial charge in [-0.3, -0.25) is 4.79 Å². The Morgan fingerprint density at radius 3 is 2.21 bits per heavy atom. The molecule has 9 atom stereocenters. The van der Waals surface area contributed by atoms with Crippen molar-refractivity contribution < 1.29 is 74.4 Å². The summed E-state index contributed by atoms with van der Waals surface area (Å²) in [6.07, 6.45) is -15.1. The van der Waals surface area contributed by atoms with E-state index < -0.39 is 107 Å². The molecule has 2 aliphatic heterocycles. The lowest BCUT2D eigenvalue weighted by molar-refractivity contribution is -0.307. The van der Waals surface area contributed by atoms with Crippen molar-refractivity contribution in [2.75, 3.05) is 13.2 Å². The van der Waals surface area contributed by atoms with E-state index in [0.717, 1.165) is 24.3 Å². The molecule has 0 saturated carbocycles. The van der Waals surface area contributed by atoms with Crippen LogP contribution in [0.2, 0.25) is 0 Å². The second-order valence-corrected chi connectivity index (χ2v) is 9.85. The fourth-order valence-electron chi connectivity index (χ4n) is 4.61. The van der Waals surface area contributed by atoms with Crippen LogP contribution in [-0.4, -0.2) is 120 Å². The third-order valence-electron chi connectivity index (χ3n) is 6.94. The molecule has 0 bridgehead atoms. The van der Waals surface area contributed by atoms with E-state index in [0.29, 0.717) is 0 Å². The van der Waals surface area contributed by atoms with E-state index in [9.17, 15) is 55.9 Å². The van der Waals surface area contributed by atoms with Gasteiger partial charge in [0.1, 0.15) is 65.2 Å². The molecular formula is C26H28O16. The number of phenols is 4. The summed E-state index contributed by atoms with van der Waals surface area (Å²) in [6, 6.07) is 5.23. The maximum Gasteiger partial charge on any atom is 0.239 e. The molecule has 0 amide bonds. The molecule has 16 heteroatoms. The standard InChI is InChI=1S/C26H28O16/c27-9-4-12(30)16-14(5-9)40-23(8-1-2-10(28)11(29)3-8)24(19(16)34)42-26-22(37)20(35)18(33)15(41-26)7-39-25-21(36)17(32)13(31)6-38-25/h1-5,13,15,17-18,20-22,25-33,35-37H,6-7H2/t13-,15-,17-,18-,20+,21+,22+,25+,26-/m0/s1. The predicted octanol–water partition coefficient (Wildman–Crippen LogP) is -2.08. The fraction of sp³-hybridized carbons (Fsp3) is 0.423. The minimum Gasteiger partial charge on any atom is -0.508 e. The Kier molecular flexibility index (Phi) is 8.17.